The summed E-state index contributed by atoms with van der Waals surface area (Å²) in [7, 11) is 4.03. The third-order valence-corrected chi connectivity index (χ3v) is 6.16. The molecule has 0 atom stereocenters. The van der Waals surface area contributed by atoms with Crippen molar-refractivity contribution in [3.8, 4) is 0 Å². The highest BCUT2D eigenvalue weighted by Gasteiger charge is 2.23. The van der Waals surface area contributed by atoms with Gasteiger partial charge in [0.05, 0.1) is 12.2 Å². The van der Waals surface area contributed by atoms with Crippen molar-refractivity contribution in [1.29, 1.82) is 0 Å². The molecule has 30 heavy (non-hydrogen) atoms. The number of rotatable bonds is 7. The lowest BCUT2D eigenvalue weighted by Gasteiger charge is -2.36. The summed E-state index contributed by atoms with van der Waals surface area (Å²) in [5.74, 6) is 2.83. The van der Waals surface area contributed by atoms with Gasteiger partial charge in [0.2, 0.25) is 0 Å². The van der Waals surface area contributed by atoms with Gasteiger partial charge in [0.25, 0.3) is 0 Å². The minimum atomic E-state index is 0. The van der Waals surface area contributed by atoms with E-state index in [4.69, 9.17) is 4.99 Å². The van der Waals surface area contributed by atoms with Crippen molar-refractivity contribution in [3.63, 3.8) is 0 Å². The number of piperidine rings is 1. The molecule has 0 unspecified atom stereocenters. The normalized spacial score (nSPS) is 19.2. The van der Waals surface area contributed by atoms with Crippen molar-refractivity contribution < 1.29 is 0 Å². The number of anilines is 1. The molecule has 1 saturated heterocycles. The van der Waals surface area contributed by atoms with Gasteiger partial charge in [-0.05, 0) is 50.7 Å². The second kappa shape index (κ2) is 13.3. The van der Waals surface area contributed by atoms with E-state index in [9.17, 15) is 0 Å². The van der Waals surface area contributed by atoms with Crippen LogP contribution in [0.1, 0.15) is 57.6 Å². The zero-order valence-corrected chi connectivity index (χ0v) is 21.4. The average molecular weight is 529 g/mol. The lowest BCUT2D eigenvalue weighted by Crippen LogP contribution is -2.49. The molecule has 0 aromatic carbocycles. The summed E-state index contributed by atoms with van der Waals surface area (Å²) in [6.45, 7) is 7.32. The van der Waals surface area contributed by atoms with Gasteiger partial charge in [-0.2, -0.15) is 0 Å². The number of halogens is 1. The Labute approximate surface area is 200 Å². The summed E-state index contributed by atoms with van der Waals surface area (Å²) in [5.41, 5.74) is 0.996. The van der Waals surface area contributed by atoms with Crippen LogP contribution < -0.4 is 15.5 Å². The summed E-state index contributed by atoms with van der Waals surface area (Å²) < 4.78 is 0. The molecule has 1 saturated carbocycles. The number of aromatic nitrogens is 1. The molecule has 0 amide bonds. The van der Waals surface area contributed by atoms with Crippen molar-refractivity contribution in [3.05, 3.63) is 23.9 Å². The largest absolute Gasteiger partial charge is 0.363 e. The lowest BCUT2D eigenvalue weighted by molar-refractivity contribution is 0.160. The van der Waals surface area contributed by atoms with Gasteiger partial charge in [0.15, 0.2) is 5.96 Å². The smallest absolute Gasteiger partial charge is 0.191 e. The standard InChI is InChI=1S/C23H40N6.HI/c1-4-24-23(25-17-21-11-8-12-22(26-21)28(2)3)27-20-13-15-29(16-14-20)18-19-9-6-5-7-10-19;/h8,11-12,19-20H,4-7,9-10,13-18H2,1-3H3,(H2,24,25,27);1H. The van der Waals surface area contributed by atoms with Gasteiger partial charge in [-0.25, -0.2) is 9.98 Å². The number of nitrogens with one attached hydrogen (secondary N) is 2. The number of guanidine groups is 1. The summed E-state index contributed by atoms with van der Waals surface area (Å²) in [4.78, 5) is 14.2. The minimum Gasteiger partial charge on any atom is -0.363 e. The quantitative estimate of drug-likeness (QED) is 0.320. The van der Waals surface area contributed by atoms with E-state index in [1.807, 2.05) is 31.1 Å². The number of likely N-dealkylation sites (tertiary alicyclic amines) is 1. The van der Waals surface area contributed by atoms with Gasteiger partial charge in [-0.15, -0.1) is 24.0 Å². The Morgan fingerprint density at radius 1 is 1.13 bits per heavy atom. The molecular formula is C23H41IN6. The Morgan fingerprint density at radius 3 is 2.53 bits per heavy atom. The van der Waals surface area contributed by atoms with E-state index < -0.39 is 0 Å². The molecule has 2 aliphatic rings. The molecule has 0 spiro atoms. The van der Waals surface area contributed by atoms with Crippen LogP contribution in [0.3, 0.4) is 0 Å². The van der Waals surface area contributed by atoms with Crippen molar-refractivity contribution in [1.82, 2.24) is 20.5 Å². The van der Waals surface area contributed by atoms with Crippen LogP contribution in [0.2, 0.25) is 0 Å². The molecule has 0 bridgehead atoms. The Hall–Kier alpha value is -1.09. The van der Waals surface area contributed by atoms with Gasteiger partial charge in [-0.1, -0.05) is 25.3 Å². The molecule has 0 radical (unpaired) electrons. The number of nitrogens with zero attached hydrogens (tertiary/aromatic N) is 4. The monoisotopic (exact) mass is 528 g/mol. The first-order chi connectivity index (χ1) is 14.1. The summed E-state index contributed by atoms with van der Waals surface area (Å²) in [5, 5.41) is 7.06. The van der Waals surface area contributed by atoms with Crippen LogP contribution in [0.15, 0.2) is 23.2 Å². The predicted octanol–water partition coefficient (Wildman–Crippen LogP) is 3.87. The molecule has 2 fully saturated rings. The van der Waals surface area contributed by atoms with E-state index in [0.29, 0.717) is 12.6 Å². The SMILES string of the molecule is CCNC(=NCc1cccc(N(C)C)n1)NC1CCN(CC2CCCCC2)CC1.I. The van der Waals surface area contributed by atoms with Gasteiger partial charge >= 0.3 is 0 Å². The van der Waals surface area contributed by atoms with Gasteiger partial charge < -0.3 is 20.4 Å². The second-order valence-electron chi connectivity index (χ2n) is 8.80. The minimum absolute atomic E-state index is 0. The Bertz CT molecular complexity index is 636. The highest BCUT2D eigenvalue weighted by Crippen LogP contribution is 2.25. The number of hydrogen-bond acceptors (Lipinski definition) is 4. The first kappa shape index (κ1) is 25.2. The zero-order chi connectivity index (χ0) is 20.5. The fourth-order valence-electron chi connectivity index (χ4n) is 4.47. The third-order valence-electron chi connectivity index (χ3n) is 6.16. The molecule has 1 aromatic rings. The van der Waals surface area contributed by atoms with Crippen LogP contribution in [-0.2, 0) is 6.54 Å². The summed E-state index contributed by atoms with van der Waals surface area (Å²) >= 11 is 0. The fourth-order valence-corrected chi connectivity index (χ4v) is 4.47. The lowest BCUT2D eigenvalue weighted by atomic mass is 9.88. The molecule has 1 aliphatic carbocycles. The second-order valence-corrected chi connectivity index (χ2v) is 8.80. The molecule has 170 valence electrons. The fraction of sp³-hybridized carbons (Fsp3) is 0.739. The Morgan fingerprint density at radius 2 is 1.87 bits per heavy atom. The highest BCUT2D eigenvalue weighted by atomic mass is 127. The van der Waals surface area contributed by atoms with E-state index in [1.165, 1.54) is 64.6 Å². The van der Waals surface area contributed by atoms with Crippen LogP contribution in [-0.4, -0.2) is 62.2 Å². The van der Waals surface area contributed by atoms with Crippen LogP contribution in [0, 0.1) is 5.92 Å². The van der Waals surface area contributed by atoms with Gasteiger partial charge in [0, 0.05) is 46.3 Å². The highest BCUT2D eigenvalue weighted by molar-refractivity contribution is 14.0. The van der Waals surface area contributed by atoms with Crippen LogP contribution >= 0.6 is 24.0 Å². The van der Waals surface area contributed by atoms with Crippen molar-refractivity contribution in [2.75, 3.05) is 45.2 Å². The van der Waals surface area contributed by atoms with Crippen molar-refractivity contribution in [2.45, 2.75) is 64.5 Å². The van der Waals surface area contributed by atoms with Gasteiger partial charge in [0.1, 0.15) is 5.82 Å². The molecule has 1 aromatic heterocycles. The number of hydrogen-bond donors (Lipinski definition) is 2. The number of aliphatic imine (C=N–C) groups is 1. The molecule has 1 aliphatic heterocycles. The van der Waals surface area contributed by atoms with E-state index in [-0.39, 0.29) is 24.0 Å². The van der Waals surface area contributed by atoms with Crippen LogP contribution in [0.5, 0.6) is 0 Å². The maximum Gasteiger partial charge on any atom is 0.191 e. The van der Waals surface area contributed by atoms with E-state index in [2.05, 4.69) is 33.5 Å². The first-order valence-corrected chi connectivity index (χ1v) is 11.5. The third kappa shape index (κ3) is 8.21. The van der Waals surface area contributed by atoms with E-state index in [0.717, 1.165) is 29.9 Å². The molecule has 7 heteroatoms. The van der Waals surface area contributed by atoms with Crippen LogP contribution in [0.25, 0.3) is 0 Å². The average Bonchev–Trinajstić information content (AvgIpc) is 2.74. The topological polar surface area (TPSA) is 55.8 Å². The number of pyridine rings is 1. The maximum absolute atomic E-state index is 4.79. The van der Waals surface area contributed by atoms with E-state index in [1.54, 1.807) is 0 Å². The Balaban J connectivity index is 0.00000320. The molecular weight excluding hydrogens is 487 g/mol. The Kier molecular flexibility index (Phi) is 11.2. The molecule has 6 nitrogen and oxygen atoms in total. The zero-order valence-electron chi connectivity index (χ0n) is 19.1. The maximum atomic E-state index is 4.79. The van der Waals surface area contributed by atoms with Crippen molar-refractivity contribution >= 4 is 35.8 Å². The van der Waals surface area contributed by atoms with Crippen LogP contribution in [0.4, 0.5) is 5.82 Å². The van der Waals surface area contributed by atoms with Crippen molar-refractivity contribution in [2.24, 2.45) is 10.9 Å². The van der Waals surface area contributed by atoms with E-state index >= 15 is 0 Å². The van der Waals surface area contributed by atoms with Gasteiger partial charge in [-0.3, -0.25) is 0 Å². The summed E-state index contributed by atoms with van der Waals surface area (Å²) in [6.07, 6.45) is 9.62. The molecule has 2 heterocycles. The first-order valence-electron chi connectivity index (χ1n) is 11.5. The predicted molar refractivity (Wildman–Crippen MR) is 138 cm³/mol. The summed E-state index contributed by atoms with van der Waals surface area (Å²) in [6, 6.07) is 6.63. The molecule has 2 N–H and O–H groups in total. The molecule has 3 rings (SSSR count).